The number of hydrogen-bond acceptors (Lipinski definition) is 4. The van der Waals surface area contributed by atoms with Gasteiger partial charge >= 0.3 is 6.03 Å². The van der Waals surface area contributed by atoms with Crippen molar-refractivity contribution in [2.75, 3.05) is 7.11 Å². The molecule has 1 fully saturated rings. The second-order valence-corrected chi connectivity index (χ2v) is 6.84. The molecular formula is C17H29N5O2. The van der Waals surface area contributed by atoms with Crippen LogP contribution >= 0.6 is 0 Å². The van der Waals surface area contributed by atoms with Crippen LogP contribution in [0.15, 0.2) is 0 Å². The van der Waals surface area contributed by atoms with Gasteiger partial charge < -0.3 is 19.9 Å². The number of nitrogens with one attached hydrogen (secondary N) is 2. The summed E-state index contributed by atoms with van der Waals surface area (Å²) in [6.45, 7) is 1.37. The van der Waals surface area contributed by atoms with Crippen molar-refractivity contribution in [3.63, 3.8) is 0 Å². The van der Waals surface area contributed by atoms with Crippen LogP contribution in [-0.2, 0) is 24.2 Å². The highest BCUT2D eigenvalue weighted by atomic mass is 16.5. The Morgan fingerprint density at radius 3 is 2.88 bits per heavy atom. The number of aromatic nitrogens is 3. The molecule has 0 saturated heterocycles. The topological polar surface area (TPSA) is 81.1 Å². The van der Waals surface area contributed by atoms with Crippen LogP contribution in [0.2, 0.25) is 0 Å². The SMILES string of the molecule is COC1CCCCCC1NC(=O)NCc1nnc2n1CCCCC2. The van der Waals surface area contributed by atoms with E-state index in [1.54, 1.807) is 7.11 Å². The highest BCUT2D eigenvalue weighted by Crippen LogP contribution is 2.20. The van der Waals surface area contributed by atoms with E-state index in [9.17, 15) is 4.79 Å². The summed E-state index contributed by atoms with van der Waals surface area (Å²) in [5.74, 6) is 1.90. The number of urea groups is 1. The number of fused-ring (bicyclic) bond motifs is 1. The Kier molecular flexibility index (Phi) is 6.07. The molecule has 2 aliphatic rings. The summed E-state index contributed by atoms with van der Waals surface area (Å²) in [7, 11) is 1.73. The summed E-state index contributed by atoms with van der Waals surface area (Å²) in [4.78, 5) is 12.3. The standard InChI is InChI=1S/C17H29N5O2/c1-24-14-9-5-2-4-8-13(14)19-17(23)18-12-16-21-20-15-10-6-3-7-11-22(15)16/h13-14H,2-12H2,1H3,(H2,18,19,23). The van der Waals surface area contributed by atoms with Gasteiger partial charge in [0, 0.05) is 20.1 Å². The average Bonchev–Trinajstić information content (AvgIpc) is 2.76. The fourth-order valence-electron chi connectivity index (χ4n) is 3.78. The summed E-state index contributed by atoms with van der Waals surface area (Å²) in [5, 5.41) is 14.5. The Balaban J connectivity index is 1.53. The molecule has 1 aliphatic carbocycles. The molecule has 1 aromatic rings. The van der Waals surface area contributed by atoms with Crippen LogP contribution in [0.3, 0.4) is 0 Å². The maximum atomic E-state index is 12.3. The van der Waals surface area contributed by atoms with Gasteiger partial charge in [0.15, 0.2) is 5.82 Å². The molecule has 0 bridgehead atoms. The zero-order chi connectivity index (χ0) is 16.8. The predicted octanol–water partition coefficient (Wildman–Crippen LogP) is 2.15. The molecule has 3 rings (SSSR count). The highest BCUT2D eigenvalue weighted by Gasteiger charge is 2.25. The molecule has 2 heterocycles. The summed E-state index contributed by atoms with van der Waals surface area (Å²) in [5.41, 5.74) is 0. The van der Waals surface area contributed by atoms with Crippen LogP contribution in [0.5, 0.6) is 0 Å². The number of rotatable bonds is 4. The molecule has 7 heteroatoms. The lowest BCUT2D eigenvalue weighted by atomic mass is 10.1. The molecule has 24 heavy (non-hydrogen) atoms. The van der Waals surface area contributed by atoms with Crippen LogP contribution in [0, 0.1) is 0 Å². The molecule has 0 spiro atoms. The van der Waals surface area contributed by atoms with Crippen molar-refractivity contribution in [2.24, 2.45) is 0 Å². The molecule has 2 atom stereocenters. The molecule has 2 unspecified atom stereocenters. The lowest BCUT2D eigenvalue weighted by Crippen LogP contribution is -2.47. The zero-order valence-electron chi connectivity index (χ0n) is 14.6. The third-order valence-corrected chi connectivity index (χ3v) is 5.16. The lowest BCUT2D eigenvalue weighted by molar-refractivity contribution is 0.0660. The third kappa shape index (κ3) is 4.26. The van der Waals surface area contributed by atoms with Gasteiger partial charge in [-0.05, 0) is 25.7 Å². The van der Waals surface area contributed by atoms with Crippen LogP contribution in [-0.4, -0.2) is 40.1 Å². The number of methoxy groups -OCH3 is 1. The minimum absolute atomic E-state index is 0.0908. The molecule has 2 amide bonds. The molecule has 0 radical (unpaired) electrons. The molecular weight excluding hydrogens is 306 g/mol. The van der Waals surface area contributed by atoms with E-state index in [0.717, 1.165) is 50.3 Å². The van der Waals surface area contributed by atoms with E-state index in [-0.39, 0.29) is 18.2 Å². The van der Waals surface area contributed by atoms with Gasteiger partial charge in [0.05, 0.1) is 18.7 Å². The first kappa shape index (κ1) is 17.2. The number of carbonyl (C=O) groups is 1. The van der Waals surface area contributed by atoms with Crippen molar-refractivity contribution < 1.29 is 9.53 Å². The van der Waals surface area contributed by atoms with Gasteiger partial charge in [0.1, 0.15) is 5.82 Å². The average molecular weight is 335 g/mol. The van der Waals surface area contributed by atoms with Gasteiger partial charge in [-0.3, -0.25) is 0 Å². The van der Waals surface area contributed by atoms with Crippen molar-refractivity contribution >= 4 is 6.03 Å². The van der Waals surface area contributed by atoms with Crippen LogP contribution in [0.25, 0.3) is 0 Å². The van der Waals surface area contributed by atoms with Crippen LogP contribution in [0.4, 0.5) is 4.79 Å². The minimum atomic E-state index is -0.144. The zero-order valence-corrected chi connectivity index (χ0v) is 14.6. The first-order chi connectivity index (χ1) is 11.8. The second-order valence-electron chi connectivity index (χ2n) is 6.84. The molecule has 134 valence electrons. The fourth-order valence-corrected chi connectivity index (χ4v) is 3.78. The smallest absolute Gasteiger partial charge is 0.315 e. The highest BCUT2D eigenvalue weighted by molar-refractivity contribution is 5.74. The maximum Gasteiger partial charge on any atom is 0.315 e. The van der Waals surface area contributed by atoms with Crippen molar-refractivity contribution in [1.82, 2.24) is 25.4 Å². The molecule has 1 aromatic heterocycles. The molecule has 1 aliphatic heterocycles. The van der Waals surface area contributed by atoms with Crippen LogP contribution < -0.4 is 10.6 Å². The molecule has 1 saturated carbocycles. The number of aryl methyl sites for hydroxylation is 1. The Morgan fingerprint density at radius 1 is 1.17 bits per heavy atom. The normalized spacial score (nSPS) is 24.5. The number of amides is 2. The van der Waals surface area contributed by atoms with Gasteiger partial charge in [0.2, 0.25) is 0 Å². The second kappa shape index (κ2) is 8.46. The van der Waals surface area contributed by atoms with Crippen LogP contribution in [0.1, 0.15) is 63.0 Å². The van der Waals surface area contributed by atoms with E-state index in [0.29, 0.717) is 6.54 Å². The number of ether oxygens (including phenoxy) is 1. The monoisotopic (exact) mass is 335 g/mol. The molecule has 7 nitrogen and oxygen atoms in total. The quantitative estimate of drug-likeness (QED) is 0.826. The lowest BCUT2D eigenvalue weighted by Gasteiger charge is -2.25. The largest absolute Gasteiger partial charge is 0.379 e. The van der Waals surface area contributed by atoms with Crippen molar-refractivity contribution in [2.45, 2.75) is 83.0 Å². The van der Waals surface area contributed by atoms with Gasteiger partial charge in [0.25, 0.3) is 0 Å². The minimum Gasteiger partial charge on any atom is -0.379 e. The number of nitrogens with zero attached hydrogens (tertiary/aromatic N) is 3. The van der Waals surface area contributed by atoms with Gasteiger partial charge in [-0.2, -0.15) is 0 Å². The molecule has 0 aromatic carbocycles. The first-order valence-corrected chi connectivity index (χ1v) is 9.26. The van der Waals surface area contributed by atoms with E-state index in [1.807, 2.05) is 0 Å². The molecule has 2 N–H and O–H groups in total. The number of hydrogen-bond donors (Lipinski definition) is 2. The summed E-state index contributed by atoms with van der Waals surface area (Å²) in [6.07, 6.45) is 10.2. The van der Waals surface area contributed by atoms with E-state index in [1.165, 1.54) is 25.7 Å². The van der Waals surface area contributed by atoms with E-state index >= 15 is 0 Å². The summed E-state index contributed by atoms with van der Waals surface area (Å²) >= 11 is 0. The first-order valence-electron chi connectivity index (χ1n) is 9.26. The van der Waals surface area contributed by atoms with E-state index in [4.69, 9.17) is 4.74 Å². The van der Waals surface area contributed by atoms with Gasteiger partial charge in [-0.25, -0.2) is 4.79 Å². The number of carbonyl (C=O) groups excluding carboxylic acids is 1. The van der Waals surface area contributed by atoms with Gasteiger partial charge in [-0.15, -0.1) is 10.2 Å². The van der Waals surface area contributed by atoms with Gasteiger partial charge in [-0.1, -0.05) is 25.7 Å². The van der Waals surface area contributed by atoms with Crippen molar-refractivity contribution in [1.29, 1.82) is 0 Å². The third-order valence-electron chi connectivity index (χ3n) is 5.16. The summed E-state index contributed by atoms with van der Waals surface area (Å²) < 4.78 is 7.72. The summed E-state index contributed by atoms with van der Waals surface area (Å²) in [6, 6.07) is -0.0528. The Bertz CT molecular complexity index is 545. The van der Waals surface area contributed by atoms with Crippen molar-refractivity contribution in [3.8, 4) is 0 Å². The van der Waals surface area contributed by atoms with E-state index in [2.05, 4.69) is 25.4 Å². The Morgan fingerprint density at radius 2 is 2.00 bits per heavy atom. The fraction of sp³-hybridized carbons (Fsp3) is 0.824. The Hall–Kier alpha value is -1.63. The van der Waals surface area contributed by atoms with Crippen molar-refractivity contribution in [3.05, 3.63) is 11.6 Å². The predicted molar refractivity (Wildman–Crippen MR) is 90.6 cm³/mol. The maximum absolute atomic E-state index is 12.3. The Labute approximate surface area is 143 Å². The van der Waals surface area contributed by atoms with E-state index < -0.39 is 0 Å².